The highest BCUT2D eigenvalue weighted by molar-refractivity contribution is 5.70. The summed E-state index contributed by atoms with van der Waals surface area (Å²) >= 11 is 0. The summed E-state index contributed by atoms with van der Waals surface area (Å²) in [6, 6.07) is -1.84. The Labute approximate surface area is 381 Å². The van der Waals surface area contributed by atoms with E-state index in [9.17, 15) is 55.5 Å². The van der Waals surface area contributed by atoms with Crippen molar-refractivity contribution < 1.29 is 79.2 Å². The summed E-state index contributed by atoms with van der Waals surface area (Å²) in [6.07, 6.45) is 6.59. The van der Waals surface area contributed by atoms with E-state index in [0.717, 1.165) is 0 Å². The molecule has 0 aliphatic carbocycles. The van der Waals surface area contributed by atoms with E-state index in [1.165, 1.54) is 0 Å². The number of alkyl carbamates (subject to hydrolysis) is 1. The number of nitrogens with two attached hydrogens (primary N) is 1. The summed E-state index contributed by atoms with van der Waals surface area (Å²) < 4.78 is 29.1. The van der Waals surface area contributed by atoms with E-state index in [2.05, 4.69) is 5.32 Å². The molecule has 0 aromatic rings. The summed E-state index contributed by atoms with van der Waals surface area (Å²) in [5.74, 6) is -3.50. The quantitative estimate of drug-likeness (QED) is 0.173. The fraction of sp³-hybridized carbons (Fsp3) is 0.660. The van der Waals surface area contributed by atoms with Crippen LogP contribution in [0.5, 0.6) is 0 Å². The van der Waals surface area contributed by atoms with Gasteiger partial charge in [-0.15, -0.1) is 0 Å². The van der Waals surface area contributed by atoms with Gasteiger partial charge >= 0.3 is 12.1 Å². The number of fused-ring (bicyclic) bond motifs is 4. The van der Waals surface area contributed by atoms with Gasteiger partial charge in [-0.2, -0.15) is 0 Å². The van der Waals surface area contributed by atoms with Gasteiger partial charge in [-0.25, -0.2) is 4.79 Å². The number of rotatable bonds is 2. The summed E-state index contributed by atoms with van der Waals surface area (Å²) in [5.41, 5.74) is 6.07. The standard InChI is InChI=1S/C47H72N2O16/c1-27-17-15-13-11-9-7-5-6-8-10-12-14-16-18-34(63-45-44(58)40(48)43(57)30(4)62-45)24-37-41-38(64-46(59)49-41)26-47(60,65-37)25-33(52)22-36(54)35(53)20-19-31(50)21-32(51)23-39(55)61-29(3)28(2)42(27)56/h5-18,27-38,40-45,50-54,56-58,60H,19-26,48H2,1-4H3,(H,49,59)/b6-5+,9-7+,10-8+,13-11+,14-12+,17-15+,18-16+/t27-,28-,29-,30+,31?,32?,33?,34?,35+,36?,37?,38-,40-,41-,42?,43?,44-,45-,47?/m0/s1. The lowest BCUT2D eigenvalue weighted by atomic mass is 9.87. The van der Waals surface area contributed by atoms with Crippen molar-refractivity contribution in [3.63, 3.8) is 0 Å². The van der Waals surface area contributed by atoms with Gasteiger partial charge in [0.2, 0.25) is 0 Å². The van der Waals surface area contributed by atoms with Crippen LogP contribution in [0, 0.1) is 11.8 Å². The van der Waals surface area contributed by atoms with Gasteiger partial charge in [0, 0.05) is 37.5 Å². The SMILES string of the molecule is C[C@@H]1OC(=O)CC(O)CC(O)CC[C@@H](O)C(O)CC(O)CC2(O)C[C@@H]3OC(=O)N[C@H]3C(CC(O[C@@H]3O[C@H](C)C(O)[C@H](N)[C@@H]3O)/C=C/C=C/C=C/C=C/C=C/C=C/C=C/[C@H](C)C(O)[C@H]1C)O2. The average Bonchev–Trinajstić information content (AvgIpc) is 3.61. The average molecular weight is 921 g/mol. The molecule has 1 amide bonds. The van der Waals surface area contributed by atoms with E-state index >= 15 is 0 Å². The lowest BCUT2D eigenvalue weighted by molar-refractivity contribution is -0.298. The van der Waals surface area contributed by atoms with Crippen LogP contribution < -0.4 is 11.1 Å². The van der Waals surface area contributed by atoms with E-state index < -0.39 is 141 Å². The van der Waals surface area contributed by atoms with Gasteiger partial charge in [0.15, 0.2) is 12.1 Å². The van der Waals surface area contributed by atoms with Gasteiger partial charge < -0.3 is 80.7 Å². The molecule has 65 heavy (non-hydrogen) atoms. The van der Waals surface area contributed by atoms with Crippen molar-refractivity contribution in [1.82, 2.24) is 5.32 Å². The summed E-state index contributed by atoms with van der Waals surface area (Å²) in [5, 5.41) is 100. The van der Waals surface area contributed by atoms with Crippen molar-refractivity contribution in [1.29, 1.82) is 0 Å². The van der Waals surface area contributed by atoms with E-state index in [-0.39, 0.29) is 38.0 Å². The number of cyclic esters (lactones) is 1. The molecule has 3 fully saturated rings. The van der Waals surface area contributed by atoms with Crippen LogP contribution in [-0.2, 0) is 28.5 Å². The van der Waals surface area contributed by atoms with Crippen LogP contribution in [-0.4, -0.2) is 162 Å². The molecule has 0 saturated carbocycles. The van der Waals surface area contributed by atoms with E-state index in [0.29, 0.717) is 0 Å². The Kier molecular flexibility index (Phi) is 21.7. The Morgan fingerprint density at radius 3 is 1.88 bits per heavy atom. The molecule has 4 heterocycles. The second kappa shape index (κ2) is 26.1. The zero-order chi connectivity index (χ0) is 47.8. The molecule has 4 rings (SSSR count). The summed E-state index contributed by atoms with van der Waals surface area (Å²) in [4.78, 5) is 25.1. The Balaban J connectivity index is 1.53. The van der Waals surface area contributed by atoms with Crippen LogP contribution in [0.25, 0.3) is 0 Å². The van der Waals surface area contributed by atoms with Crippen molar-refractivity contribution in [2.45, 2.75) is 183 Å². The third kappa shape index (κ3) is 17.2. The van der Waals surface area contributed by atoms with E-state index in [1.54, 1.807) is 51.2 Å². The minimum absolute atomic E-state index is 0.0414. The Morgan fingerprint density at radius 1 is 0.646 bits per heavy atom. The molecule has 4 aliphatic rings. The molecule has 18 nitrogen and oxygen atoms in total. The van der Waals surface area contributed by atoms with Crippen LogP contribution in [0.3, 0.4) is 0 Å². The minimum Gasteiger partial charge on any atom is -0.462 e. The van der Waals surface area contributed by atoms with Crippen molar-refractivity contribution in [2.24, 2.45) is 17.6 Å². The zero-order valence-electron chi connectivity index (χ0n) is 37.6. The number of hydrogen-bond acceptors (Lipinski definition) is 17. The topological polar surface area (TPSA) is 300 Å². The molecular formula is C47H72N2O16. The van der Waals surface area contributed by atoms with Crippen LogP contribution in [0.1, 0.15) is 79.1 Å². The molecule has 0 spiro atoms. The highest BCUT2D eigenvalue weighted by Crippen LogP contribution is 2.38. The largest absolute Gasteiger partial charge is 0.462 e. The third-order valence-electron chi connectivity index (χ3n) is 12.3. The highest BCUT2D eigenvalue weighted by atomic mass is 16.7. The number of esters is 1. The van der Waals surface area contributed by atoms with E-state index in [1.807, 2.05) is 61.6 Å². The molecule has 18 heteroatoms. The van der Waals surface area contributed by atoms with Crippen LogP contribution in [0.15, 0.2) is 85.1 Å². The first kappa shape index (κ1) is 54.0. The monoisotopic (exact) mass is 920 g/mol. The maximum Gasteiger partial charge on any atom is 0.407 e. The molecule has 0 aromatic carbocycles. The molecule has 4 aliphatic heterocycles. The summed E-state index contributed by atoms with van der Waals surface area (Å²) in [6.45, 7) is 6.84. The summed E-state index contributed by atoms with van der Waals surface area (Å²) in [7, 11) is 0. The predicted molar refractivity (Wildman–Crippen MR) is 237 cm³/mol. The van der Waals surface area contributed by atoms with Crippen LogP contribution >= 0.6 is 0 Å². The number of aliphatic hydroxyl groups excluding tert-OH is 8. The van der Waals surface area contributed by atoms with Crippen molar-refractivity contribution in [2.75, 3.05) is 0 Å². The zero-order valence-corrected chi connectivity index (χ0v) is 37.6. The highest BCUT2D eigenvalue weighted by Gasteiger charge is 2.53. The number of ether oxygens (including phenoxy) is 5. The molecule has 0 radical (unpaired) electrons. The molecule has 2 bridgehead atoms. The Bertz CT molecular complexity index is 1700. The fourth-order valence-electron chi connectivity index (χ4n) is 8.23. The molecule has 0 aromatic heterocycles. The van der Waals surface area contributed by atoms with Gasteiger partial charge in [-0.3, -0.25) is 4.79 Å². The maximum atomic E-state index is 12.6. The van der Waals surface area contributed by atoms with Gasteiger partial charge in [0.1, 0.15) is 18.3 Å². The van der Waals surface area contributed by atoms with Gasteiger partial charge in [0.05, 0.1) is 79.5 Å². The normalized spacial score (nSPS) is 46.2. The molecule has 12 N–H and O–H groups in total. The van der Waals surface area contributed by atoms with Crippen molar-refractivity contribution in [3.8, 4) is 0 Å². The number of allylic oxidation sites excluding steroid dienone is 12. The number of nitrogens with one attached hydrogen (secondary N) is 1. The van der Waals surface area contributed by atoms with Gasteiger partial charge in [0.25, 0.3) is 0 Å². The van der Waals surface area contributed by atoms with Crippen LogP contribution in [0.4, 0.5) is 4.79 Å². The molecular weight excluding hydrogens is 849 g/mol. The van der Waals surface area contributed by atoms with Crippen molar-refractivity contribution >= 4 is 12.1 Å². The number of aliphatic hydroxyl groups is 9. The number of amides is 1. The Hall–Kier alpha value is -3.60. The van der Waals surface area contributed by atoms with Crippen molar-refractivity contribution in [3.05, 3.63) is 85.1 Å². The molecule has 3 saturated heterocycles. The first-order valence-corrected chi connectivity index (χ1v) is 22.5. The first-order valence-electron chi connectivity index (χ1n) is 22.5. The minimum atomic E-state index is -2.09. The van der Waals surface area contributed by atoms with Gasteiger partial charge in [-0.05, 0) is 33.1 Å². The smallest absolute Gasteiger partial charge is 0.407 e. The molecule has 366 valence electrons. The maximum absolute atomic E-state index is 12.6. The number of hydrogen-bond donors (Lipinski definition) is 11. The van der Waals surface area contributed by atoms with E-state index in [4.69, 9.17) is 29.4 Å². The molecule has 9 unspecified atom stereocenters. The fourth-order valence-corrected chi connectivity index (χ4v) is 8.23. The first-order chi connectivity index (χ1) is 30.8. The second-order valence-electron chi connectivity index (χ2n) is 17.8. The second-order valence-corrected chi connectivity index (χ2v) is 17.8. The number of carbonyl (C=O) groups excluding carboxylic acids is 2. The Morgan fingerprint density at radius 2 is 1.25 bits per heavy atom. The molecule has 19 atom stereocenters. The van der Waals surface area contributed by atoms with Gasteiger partial charge in [-0.1, -0.05) is 98.9 Å². The number of carbonyl (C=O) groups is 2. The predicted octanol–water partition coefficient (Wildman–Crippen LogP) is 1.13. The third-order valence-corrected chi connectivity index (χ3v) is 12.3. The lowest BCUT2D eigenvalue weighted by Gasteiger charge is -2.44. The van der Waals surface area contributed by atoms with Crippen LogP contribution in [0.2, 0.25) is 0 Å². The lowest BCUT2D eigenvalue weighted by Crippen LogP contribution is -2.62.